The second kappa shape index (κ2) is 6.67. The molecule has 0 aliphatic rings. The Labute approximate surface area is 110 Å². The third kappa shape index (κ3) is 4.53. The standard InChI is InChI=1S/C12H17FN4O2/c1-7(2)17-9(18)4-6-16-12(19)8-3-5-15-11(14)10(8)13/h3,5,7H,4,6H2,1-2H3,(H2,14,15)(H,16,19)(H,17,18). The lowest BCUT2D eigenvalue weighted by Crippen LogP contribution is -2.34. The van der Waals surface area contributed by atoms with Crippen LogP contribution in [-0.4, -0.2) is 29.4 Å². The summed E-state index contributed by atoms with van der Waals surface area (Å²) < 4.78 is 13.5. The number of aromatic nitrogens is 1. The minimum Gasteiger partial charge on any atom is -0.381 e. The molecule has 1 heterocycles. The molecule has 7 heteroatoms. The van der Waals surface area contributed by atoms with Crippen molar-refractivity contribution in [3.63, 3.8) is 0 Å². The van der Waals surface area contributed by atoms with Gasteiger partial charge in [0.1, 0.15) is 0 Å². The van der Waals surface area contributed by atoms with Crippen LogP contribution in [0.5, 0.6) is 0 Å². The Morgan fingerprint density at radius 3 is 2.79 bits per heavy atom. The van der Waals surface area contributed by atoms with Crippen molar-refractivity contribution < 1.29 is 14.0 Å². The number of rotatable bonds is 5. The average Bonchev–Trinajstić information content (AvgIpc) is 2.31. The van der Waals surface area contributed by atoms with Gasteiger partial charge in [-0.2, -0.15) is 0 Å². The van der Waals surface area contributed by atoms with Gasteiger partial charge in [-0.15, -0.1) is 0 Å². The average molecular weight is 268 g/mol. The van der Waals surface area contributed by atoms with Gasteiger partial charge in [-0.05, 0) is 19.9 Å². The van der Waals surface area contributed by atoms with Gasteiger partial charge in [0.2, 0.25) is 5.91 Å². The first-order valence-corrected chi connectivity index (χ1v) is 5.89. The van der Waals surface area contributed by atoms with E-state index >= 15 is 0 Å². The van der Waals surface area contributed by atoms with Crippen LogP contribution in [0.1, 0.15) is 30.6 Å². The van der Waals surface area contributed by atoms with Crippen molar-refractivity contribution in [1.29, 1.82) is 0 Å². The molecular formula is C12H17FN4O2. The molecule has 6 nitrogen and oxygen atoms in total. The van der Waals surface area contributed by atoms with Crippen LogP contribution in [0.3, 0.4) is 0 Å². The summed E-state index contributed by atoms with van der Waals surface area (Å²) in [6.07, 6.45) is 1.38. The van der Waals surface area contributed by atoms with E-state index in [1.54, 1.807) is 0 Å². The number of hydrogen-bond donors (Lipinski definition) is 3. The van der Waals surface area contributed by atoms with E-state index in [9.17, 15) is 14.0 Å². The lowest BCUT2D eigenvalue weighted by Gasteiger charge is -2.09. The fourth-order valence-corrected chi connectivity index (χ4v) is 1.41. The topological polar surface area (TPSA) is 97.1 Å². The van der Waals surface area contributed by atoms with Gasteiger partial charge in [0, 0.05) is 25.2 Å². The van der Waals surface area contributed by atoms with Gasteiger partial charge in [0.15, 0.2) is 11.6 Å². The first-order chi connectivity index (χ1) is 8.91. The van der Waals surface area contributed by atoms with Crippen molar-refractivity contribution in [1.82, 2.24) is 15.6 Å². The molecule has 1 aromatic heterocycles. The van der Waals surface area contributed by atoms with Crippen LogP contribution in [-0.2, 0) is 4.79 Å². The van der Waals surface area contributed by atoms with E-state index in [-0.39, 0.29) is 36.3 Å². The number of carbonyl (C=O) groups is 2. The predicted molar refractivity (Wildman–Crippen MR) is 68.8 cm³/mol. The second-order valence-corrected chi connectivity index (χ2v) is 4.29. The van der Waals surface area contributed by atoms with Gasteiger partial charge in [-0.25, -0.2) is 9.37 Å². The highest BCUT2D eigenvalue weighted by Gasteiger charge is 2.14. The SMILES string of the molecule is CC(C)NC(=O)CCNC(=O)c1ccnc(N)c1F. The molecule has 104 valence electrons. The van der Waals surface area contributed by atoms with Crippen molar-refractivity contribution in [3.8, 4) is 0 Å². The largest absolute Gasteiger partial charge is 0.381 e. The first-order valence-electron chi connectivity index (χ1n) is 5.89. The molecule has 0 spiro atoms. The van der Waals surface area contributed by atoms with Gasteiger partial charge in [-0.1, -0.05) is 0 Å². The molecule has 1 aromatic rings. The minimum atomic E-state index is -0.855. The maximum atomic E-state index is 13.5. The molecule has 0 atom stereocenters. The monoisotopic (exact) mass is 268 g/mol. The van der Waals surface area contributed by atoms with Crippen molar-refractivity contribution >= 4 is 17.6 Å². The molecule has 0 fully saturated rings. The molecule has 0 aromatic carbocycles. The summed E-state index contributed by atoms with van der Waals surface area (Å²) in [5, 5.41) is 5.13. The third-order valence-electron chi connectivity index (χ3n) is 2.25. The molecule has 1 rings (SSSR count). The number of amides is 2. The van der Waals surface area contributed by atoms with Crippen molar-refractivity contribution in [2.24, 2.45) is 0 Å². The highest BCUT2D eigenvalue weighted by Crippen LogP contribution is 2.11. The number of nitrogens with one attached hydrogen (secondary N) is 2. The van der Waals surface area contributed by atoms with Crippen LogP contribution in [0.4, 0.5) is 10.2 Å². The molecule has 0 aliphatic carbocycles. The predicted octanol–water partition coefficient (Wildman–Crippen LogP) is 0.447. The highest BCUT2D eigenvalue weighted by molar-refractivity contribution is 5.95. The Kier molecular flexibility index (Phi) is 5.23. The molecule has 4 N–H and O–H groups in total. The number of anilines is 1. The Hall–Kier alpha value is -2.18. The van der Waals surface area contributed by atoms with E-state index in [2.05, 4.69) is 15.6 Å². The smallest absolute Gasteiger partial charge is 0.254 e. The quantitative estimate of drug-likeness (QED) is 0.722. The lowest BCUT2D eigenvalue weighted by atomic mass is 10.2. The summed E-state index contributed by atoms with van der Waals surface area (Å²) in [6.45, 7) is 3.80. The number of nitrogens with zero attached hydrogens (tertiary/aromatic N) is 1. The molecule has 0 radical (unpaired) electrons. The van der Waals surface area contributed by atoms with Crippen molar-refractivity contribution in [3.05, 3.63) is 23.6 Å². The summed E-state index contributed by atoms with van der Waals surface area (Å²) in [7, 11) is 0. The van der Waals surface area contributed by atoms with Gasteiger partial charge in [0.25, 0.3) is 5.91 Å². The van der Waals surface area contributed by atoms with E-state index < -0.39 is 11.7 Å². The molecule has 19 heavy (non-hydrogen) atoms. The van der Waals surface area contributed by atoms with Crippen LogP contribution in [0, 0.1) is 5.82 Å². The third-order valence-corrected chi connectivity index (χ3v) is 2.25. The van der Waals surface area contributed by atoms with Gasteiger partial charge < -0.3 is 16.4 Å². The normalized spacial score (nSPS) is 10.3. The van der Waals surface area contributed by atoms with E-state index in [0.717, 1.165) is 0 Å². The molecular weight excluding hydrogens is 251 g/mol. The number of carbonyl (C=O) groups excluding carboxylic acids is 2. The Balaban J connectivity index is 2.48. The number of nitrogens with two attached hydrogens (primary N) is 1. The second-order valence-electron chi connectivity index (χ2n) is 4.29. The summed E-state index contributed by atoms with van der Waals surface area (Å²) in [6, 6.07) is 1.27. The van der Waals surface area contributed by atoms with Gasteiger partial charge in [-0.3, -0.25) is 9.59 Å². The molecule has 0 aliphatic heterocycles. The number of nitrogen functional groups attached to an aromatic ring is 1. The molecule has 2 amide bonds. The summed E-state index contributed by atoms with van der Waals surface area (Å²) in [5.74, 6) is -1.98. The van der Waals surface area contributed by atoms with Crippen LogP contribution >= 0.6 is 0 Å². The van der Waals surface area contributed by atoms with E-state index in [1.807, 2.05) is 13.8 Å². The summed E-state index contributed by atoms with van der Waals surface area (Å²) >= 11 is 0. The molecule has 0 unspecified atom stereocenters. The van der Waals surface area contributed by atoms with E-state index in [1.165, 1.54) is 12.3 Å². The molecule has 0 saturated heterocycles. The fourth-order valence-electron chi connectivity index (χ4n) is 1.41. The zero-order chi connectivity index (χ0) is 14.4. The zero-order valence-electron chi connectivity index (χ0n) is 10.9. The fraction of sp³-hybridized carbons (Fsp3) is 0.417. The summed E-state index contributed by atoms with van der Waals surface area (Å²) in [4.78, 5) is 26.5. The van der Waals surface area contributed by atoms with Crippen LogP contribution in [0.15, 0.2) is 12.3 Å². The number of halogens is 1. The Morgan fingerprint density at radius 2 is 2.16 bits per heavy atom. The van der Waals surface area contributed by atoms with E-state index in [0.29, 0.717) is 0 Å². The minimum absolute atomic E-state index is 0.0423. The van der Waals surface area contributed by atoms with Crippen molar-refractivity contribution in [2.45, 2.75) is 26.3 Å². The van der Waals surface area contributed by atoms with Crippen LogP contribution in [0.25, 0.3) is 0 Å². The Bertz CT molecular complexity index is 477. The maximum absolute atomic E-state index is 13.5. The maximum Gasteiger partial charge on any atom is 0.254 e. The number of hydrogen-bond acceptors (Lipinski definition) is 4. The molecule has 0 bridgehead atoms. The number of pyridine rings is 1. The van der Waals surface area contributed by atoms with Crippen molar-refractivity contribution in [2.75, 3.05) is 12.3 Å². The zero-order valence-corrected chi connectivity index (χ0v) is 10.9. The van der Waals surface area contributed by atoms with E-state index in [4.69, 9.17) is 5.73 Å². The Morgan fingerprint density at radius 1 is 1.47 bits per heavy atom. The molecule has 0 saturated carbocycles. The van der Waals surface area contributed by atoms with Gasteiger partial charge in [0.05, 0.1) is 5.56 Å². The van der Waals surface area contributed by atoms with Crippen LogP contribution in [0.2, 0.25) is 0 Å². The first kappa shape index (κ1) is 14.9. The highest BCUT2D eigenvalue weighted by atomic mass is 19.1. The summed E-state index contributed by atoms with van der Waals surface area (Å²) in [5.41, 5.74) is 5.08. The van der Waals surface area contributed by atoms with Gasteiger partial charge >= 0.3 is 0 Å². The van der Waals surface area contributed by atoms with Crippen LogP contribution < -0.4 is 16.4 Å². The lowest BCUT2D eigenvalue weighted by molar-refractivity contribution is -0.121.